The maximum atomic E-state index is 11.2. The van der Waals surface area contributed by atoms with Crippen LogP contribution in [0.3, 0.4) is 0 Å². The molecule has 0 aliphatic heterocycles. The number of hydrogen-bond donors (Lipinski definition) is 0. The highest BCUT2D eigenvalue weighted by Gasteiger charge is 2.07. The number of carbonyl (C=O) groups is 2. The molecule has 0 atom stereocenters. The van der Waals surface area contributed by atoms with Crippen LogP contribution < -0.4 is 0 Å². The quantitative estimate of drug-likeness (QED) is 0.361. The van der Waals surface area contributed by atoms with Gasteiger partial charge in [-0.3, -0.25) is 9.59 Å². The molecule has 0 spiro atoms. The van der Waals surface area contributed by atoms with Gasteiger partial charge in [-0.1, -0.05) is 13.2 Å². The fraction of sp³-hybridized carbons (Fsp3) is 0.429. The molecule has 0 bridgehead atoms. The van der Waals surface area contributed by atoms with Crippen molar-refractivity contribution in [1.29, 1.82) is 10.5 Å². The summed E-state index contributed by atoms with van der Waals surface area (Å²) in [5.41, 5.74) is 0.360. The van der Waals surface area contributed by atoms with Crippen molar-refractivity contribution in [3.63, 3.8) is 0 Å². The van der Waals surface area contributed by atoms with Crippen LogP contribution in [0.4, 0.5) is 0 Å². The highest BCUT2D eigenvalue weighted by molar-refractivity contribution is 5.70. The number of esters is 2. The first-order valence-corrected chi connectivity index (χ1v) is 5.96. The molecule has 20 heavy (non-hydrogen) atoms. The largest absolute Gasteiger partial charge is 0.460 e. The van der Waals surface area contributed by atoms with Crippen molar-refractivity contribution in [3.8, 4) is 12.1 Å². The molecule has 0 radical (unpaired) electrons. The second-order valence-corrected chi connectivity index (χ2v) is 3.96. The molecular formula is C14H16N2O4. The summed E-state index contributed by atoms with van der Waals surface area (Å²) in [5, 5.41) is 16.8. The van der Waals surface area contributed by atoms with E-state index in [1.54, 1.807) is 12.1 Å². The molecule has 0 fully saturated rings. The molecule has 0 N–H and O–H groups in total. The van der Waals surface area contributed by atoms with Gasteiger partial charge in [0.15, 0.2) is 0 Å². The Labute approximate surface area is 117 Å². The molecule has 6 nitrogen and oxygen atoms in total. The first-order valence-electron chi connectivity index (χ1n) is 5.96. The van der Waals surface area contributed by atoms with Gasteiger partial charge in [-0.15, -0.1) is 0 Å². The van der Waals surface area contributed by atoms with Crippen LogP contribution in [0.5, 0.6) is 0 Å². The number of nitrogens with zero attached hydrogens (tertiary/aromatic N) is 2. The summed E-state index contributed by atoms with van der Waals surface area (Å²) in [7, 11) is 0. The summed E-state index contributed by atoms with van der Waals surface area (Å²) in [5.74, 6) is -0.875. The number of ether oxygens (including phenoxy) is 2. The Morgan fingerprint density at radius 2 is 1.20 bits per heavy atom. The summed E-state index contributed by atoms with van der Waals surface area (Å²) >= 11 is 0. The minimum Gasteiger partial charge on any atom is -0.460 e. The van der Waals surface area contributed by atoms with Gasteiger partial charge < -0.3 is 9.47 Å². The average molecular weight is 276 g/mol. The van der Waals surface area contributed by atoms with E-state index >= 15 is 0 Å². The summed E-state index contributed by atoms with van der Waals surface area (Å²) in [6.45, 7) is 6.55. The van der Waals surface area contributed by atoms with Crippen LogP contribution in [0.15, 0.2) is 24.3 Å². The van der Waals surface area contributed by atoms with Gasteiger partial charge in [-0.25, -0.2) is 0 Å². The molecule has 0 heterocycles. The molecule has 106 valence electrons. The van der Waals surface area contributed by atoms with Gasteiger partial charge >= 0.3 is 11.9 Å². The fourth-order valence-corrected chi connectivity index (χ4v) is 1.08. The summed E-state index contributed by atoms with van der Waals surface area (Å²) in [6, 6.07) is 3.54. The lowest BCUT2D eigenvalue weighted by Crippen LogP contribution is -2.08. The molecule has 0 rings (SSSR count). The smallest absolute Gasteiger partial charge is 0.306 e. The zero-order valence-corrected chi connectivity index (χ0v) is 11.2. The Morgan fingerprint density at radius 1 is 0.850 bits per heavy atom. The van der Waals surface area contributed by atoms with Crippen molar-refractivity contribution in [3.05, 3.63) is 24.3 Å². The van der Waals surface area contributed by atoms with Gasteiger partial charge in [0.1, 0.15) is 13.2 Å². The predicted octanol–water partition coefficient (Wildman–Crippen LogP) is 1.79. The minimum atomic E-state index is -0.437. The molecule has 0 unspecified atom stereocenters. The van der Waals surface area contributed by atoms with E-state index in [2.05, 4.69) is 13.2 Å². The number of unbranched alkanes of at least 4 members (excludes halogenated alkanes) is 1. The van der Waals surface area contributed by atoms with E-state index in [1.165, 1.54) is 0 Å². The van der Waals surface area contributed by atoms with Crippen LogP contribution in [0.25, 0.3) is 0 Å². The second kappa shape index (κ2) is 10.3. The van der Waals surface area contributed by atoms with Crippen molar-refractivity contribution in [2.75, 3.05) is 13.2 Å². The summed E-state index contributed by atoms with van der Waals surface area (Å²) < 4.78 is 9.54. The van der Waals surface area contributed by atoms with Gasteiger partial charge in [0.05, 0.1) is 23.3 Å². The highest BCUT2D eigenvalue weighted by atomic mass is 16.5. The van der Waals surface area contributed by atoms with Crippen molar-refractivity contribution in [2.45, 2.75) is 25.7 Å². The van der Waals surface area contributed by atoms with Crippen LogP contribution in [0, 0.1) is 22.7 Å². The molecule has 0 saturated heterocycles. The lowest BCUT2D eigenvalue weighted by atomic mass is 10.2. The number of rotatable bonds is 9. The third kappa shape index (κ3) is 9.43. The lowest BCUT2D eigenvalue weighted by molar-refractivity contribution is -0.144. The third-order valence-corrected chi connectivity index (χ3v) is 2.14. The van der Waals surface area contributed by atoms with Gasteiger partial charge in [0.2, 0.25) is 0 Å². The van der Waals surface area contributed by atoms with E-state index in [4.69, 9.17) is 20.0 Å². The Morgan fingerprint density at radius 3 is 1.50 bits per heavy atom. The van der Waals surface area contributed by atoms with E-state index in [0.717, 1.165) is 0 Å². The molecule has 0 aromatic heterocycles. The highest BCUT2D eigenvalue weighted by Crippen LogP contribution is 2.04. The molecule has 0 aromatic rings. The third-order valence-electron chi connectivity index (χ3n) is 2.14. The molecule has 0 aromatic carbocycles. The number of nitriles is 2. The van der Waals surface area contributed by atoms with Gasteiger partial charge in [-0.2, -0.15) is 10.5 Å². The van der Waals surface area contributed by atoms with Crippen LogP contribution >= 0.6 is 0 Å². The molecule has 0 aliphatic rings. The fourth-order valence-electron chi connectivity index (χ4n) is 1.08. The van der Waals surface area contributed by atoms with Gasteiger partial charge in [0, 0.05) is 12.8 Å². The first-order chi connectivity index (χ1) is 9.49. The Balaban J connectivity index is 3.61. The average Bonchev–Trinajstić information content (AvgIpc) is 2.46. The topological polar surface area (TPSA) is 100 Å². The van der Waals surface area contributed by atoms with Crippen molar-refractivity contribution >= 4 is 11.9 Å². The first kappa shape index (κ1) is 17.4. The van der Waals surface area contributed by atoms with E-state index in [9.17, 15) is 9.59 Å². The van der Waals surface area contributed by atoms with Gasteiger partial charge in [-0.05, 0) is 12.8 Å². The Bertz CT molecular complexity index is 425. The van der Waals surface area contributed by atoms with Crippen molar-refractivity contribution in [2.24, 2.45) is 0 Å². The monoisotopic (exact) mass is 276 g/mol. The molecule has 0 amide bonds. The summed E-state index contributed by atoms with van der Waals surface area (Å²) in [6.07, 6.45) is 1.28. The molecule has 6 heteroatoms. The van der Waals surface area contributed by atoms with E-state index in [1.807, 2.05) is 0 Å². The van der Waals surface area contributed by atoms with Crippen LogP contribution in [-0.2, 0) is 19.1 Å². The normalized spacial score (nSPS) is 8.90. The SMILES string of the molecule is C=C(C#N)COC(=O)CCCCC(=O)OCC(=C)C#N. The van der Waals surface area contributed by atoms with E-state index in [-0.39, 0.29) is 37.2 Å². The zero-order chi connectivity index (χ0) is 15.4. The lowest BCUT2D eigenvalue weighted by Gasteiger charge is -2.04. The number of hydrogen-bond acceptors (Lipinski definition) is 6. The molecular weight excluding hydrogens is 260 g/mol. The molecule has 0 aliphatic carbocycles. The maximum absolute atomic E-state index is 11.2. The van der Waals surface area contributed by atoms with Crippen LogP contribution in [0.1, 0.15) is 25.7 Å². The van der Waals surface area contributed by atoms with Crippen molar-refractivity contribution in [1.82, 2.24) is 0 Å². The van der Waals surface area contributed by atoms with Gasteiger partial charge in [0.25, 0.3) is 0 Å². The van der Waals surface area contributed by atoms with Crippen LogP contribution in [-0.4, -0.2) is 25.2 Å². The Kier molecular flexibility index (Phi) is 8.99. The van der Waals surface area contributed by atoms with Crippen molar-refractivity contribution < 1.29 is 19.1 Å². The summed E-state index contributed by atoms with van der Waals surface area (Å²) in [4.78, 5) is 22.5. The predicted molar refractivity (Wildman–Crippen MR) is 69.9 cm³/mol. The molecule has 0 saturated carbocycles. The van der Waals surface area contributed by atoms with E-state index < -0.39 is 11.9 Å². The second-order valence-electron chi connectivity index (χ2n) is 3.96. The standard InChI is InChI=1S/C14H16N2O4/c1-11(7-15)9-19-13(17)5-3-4-6-14(18)20-10-12(2)8-16/h1-6,9-10H2. The Hall–Kier alpha value is -2.60. The zero-order valence-electron chi connectivity index (χ0n) is 11.2. The van der Waals surface area contributed by atoms with E-state index in [0.29, 0.717) is 12.8 Å². The van der Waals surface area contributed by atoms with Crippen LogP contribution in [0.2, 0.25) is 0 Å². The maximum Gasteiger partial charge on any atom is 0.306 e. The minimum absolute atomic E-state index is 0.104. The number of carbonyl (C=O) groups excluding carboxylic acids is 2.